The quantitative estimate of drug-likeness (QED) is 0.760. The van der Waals surface area contributed by atoms with Crippen LogP contribution in [0.1, 0.15) is 59.3 Å². The summed E-state index contributed by atoms with van der Waals surface area (Å²) in [6.07, 6.45) is 8.10. The third-order valence-electron chi connectivity index (χ3n) is 5.38. The van der Waals surface area contributed by atoms with Gasteiger partial charge in [-0.1, -0.05) is 37.6 Å². The maximum absolute atomic E-state index is 12.5. The number of aliphatic hydroxyl groups is 1. The molecular formula is C21H30O5. The fraction of sp³-hybridized carbons (Fsp3) is 0.619. The molecule has 2 heterocycles. The van der Waals surface area contributed by atoms with E-state index in [9.17, 15) is 14.7 Å². The lowest BCUT2D eigenvalue weighted by Crippen LogP contribution is -2.43. The highest BCUT2D eigenvalue weighted by Gasteiger charge is 2.38. The van der Waals surface area contributed by atoms with Gasteiger partial charge < -0.3 is 14.6 Å². The lowest BCUT2D eigenvalue weighted by molar-refractivity contribution is -0.166. The van der Waals surface area contributed by atoms with Crippen LogP contribution in [0.25, 0.3) is 0 Å². The highest BCUT2D eigenvalue weighted by molar-refractivity contribution is 5.89. The minimum Gasteiger partial charge on any atom is -0.466 e. The summed E-state index contributed by atoms with van der Waals surface area (Å²) in [4.78, 5) is 24.6. The summed E-state index contributed by atoms with van der Waals surface area (Å²) >= 11 is 0. The van der Waals surface area contributed by atoms with E-state index in [-0.39, 0.29) is 5.97 Å². The Morgan fingerprint density at radius 3 is 2.69 bits per heavy atom. The zero-order valence-corrected chi connectivity index (χ0v) is 16.2. The van der Waals surface area contributed by atoms with Crippen LogP contribution in [0.5, 0.6) is 0 Å². The molecule has 0 spiro atoms. The Morgan fingerprint density at radius 1 is 1.31 bits per heavy atom. The van der Waals surface area contributed by atoms with E-state index in [2.05, 4.69) is 13.8 Å². The third-order valence-corrected chi connectivity index (χ3v) is 5.38. The molecule has 1 N–H and O–H groups in total. The molecule has 0 aromatic rings. The number of methoxy groups -OCH3 is 1. The molecule has 0 aromatic heterocycles. The Morgan fingerprint density at radius 2 is 2.04 bits per heavy atom. The van der Waals surface area contributed by atoms with Crippen molar-refractivity contribution < 1.29 is 24.2 Å². The average molecular weight is 362 g/mol. The standard InChI is InChI=1S/C21H30O5/c1-14(2)15-7-9-16-6-5-13-21(3,26-20(16)24)18(22)12-11-17(10-8-15)19(23)25-4/h6,8,10,14,18,22H,5,7,9,11-13H2,1-4H3/b15-8+,17-10+/t18-,21-/m0/s1. The molecule has 26 heavy (non-hydrogen) atoms. The Kier molecular flexibility index (Phi) is 6.81. The minimum atomic E-state index is -0.946. The average Bonchev–Trinajstić information content (AvgIpc) is 2.74. The number of allylic oxidation sites excluding steroid dienone is 4. The summed E-state index contributed by atoms with van der Waals surface area (Å²) in [6, 6.07) is 0. The molecule has 2 atom stereocenters. The maximum atomic E-state index is 12.5. The van der Waals surface area contributed by atoms with Crippen LogP contribution in [0.3, 0.4) is 0 Å². The van der Waals surface area contributed by atoms with Gasteiger partial charge in [0.15, 0.2) is 0 Å². The molecule has 5 heteroatoms. The van der Waals surface area contributed by atoms with Crippen LogP contribution in [0, 0.1) is 5.92 Å². The van der Waals surface area contributed by atoms with Crippen LogP contribution in [-0.2, 0) is 19.1 Å². The van der Waals surface area contributed by atoms with Gasteiger partial charge in [-0.15, -0.1) is 0 Å². The van der Waals surface area contributed by atoms with Gasteiger partial charge in [0.2, 0.25) is 0 Å². The van der Waals surface area contributed by atoms with Gasteiger partial charge in [-0.3, -0.25) is 0 Å². The first-order chi connectivity index (χ1) is 12.3. The summed E-state index contributed by atoms with van der Waals surface area (Å²) in [7, 11) is 1.36. The Hall–Kier alpha value is -1.88. The smallest absolute Gasteiger partial charge is 0.334 e. The van der Waals surface area contributed by atoms with Crippen molar-refractivity contribution in [2.75, 3.05) is 7.11 Å². The number of aliphatic hydroxyl groups excluding tert-OH is 1. The van der Waals surface area contributed by atoms with Crippen LogP contribution in [0.2, 0.25) is 0 Å². The lowest BCUT2D eigenvalue weighted by Gasteiger charge is -2.33. The molecule has 2 bridgehead atoms. The fourth-order valence-corrected chi connectivity index (χ4v) is 3.42. The maximum Gasteiger partial charge on any atom is 0.334 e. The van der Waals surface area contributed by atoms with E-state index < -0.39 is 17.7 Å². The molecule has 0 amide bonds. The van der Waals surface area contributed by atoms with Crippen molar-refractivity contribution in [2.24, 2.45) is 5.92 Å². The lowest BCUT2D eigenvalue weighted by atomic mass is 9.88. The molecule has 0 aromatic carbocycles. The Balaban J connectivity index is 2.40. The molecule has 144 valence electrons. The van der Waals surface area contributed by atoms with Crippen molar-refractivity contribution in [3.05, 3.63) is 34.9 Å². The van der Waals surface area contributed by atoms with Gasteiger partial charge in [-0.25, -0.2) is 9.59 Å². The van der Waals surface area contributed by atoms with Gasteiger partial charge in [-0.05, 0) is 51.4 Å². The number of rotatable bonds is 2. The number of carbonyl (C=O) groups excluding carboxylic acids is 2. The Bertz CT molecular complexity index is 641. The Labute approximate surface area is 155 Å². The zero-order chi connectivity index (χ0) is 19.3. The normalized spacial score (nSPS) is 31.8. The molecular weight excluding hydrogens is 332 g/mol. The first-order valence-corrected chi connectivity index (χ1v) is 9.35. The zero-order valence-electron chi connectivity index (χ0n) is 16.2. The van der Waals surface area contributed by atoms with E-state index in [4.69, 9.17) is 9.47 Å². The van der Waals surface area contributed by atoms with Crippen LogP contribution in [0.15, 0.2) is 34.9 Å². The van der Waals surface area contributed by atoms with Crippen molar-refractivity contribution in [2.45, 2.75) is 71.0 Å². The van der Waals surface area contributed by atoms with Crippen molar-refractivity contribution in [3.63, 3.8) is 0 Å². The van der Waals surface area contributed by atoms with E-state index >= 15 is 0 Å². The van der Waals surface area contributed by atoms with Crippen LogP contribution < -0.4 is 0 Å². The monoisotopic (exact) mass is 362 g/mol. The van der Waals surface area contributed by atoms with Crippen molar-refractivity contribution >= 4 is 11.9 Å². The van der Waals surface area contributed by atoms with E-state index in [1.54, 1.807) is 13.0 Å². The van der Waals surface area contributed by atoms with Gasteiger partial charge >= 0.3 is 11.9 Å². The minimum absolute atomic E-state index is 0.300. The number of hydrogen-bond donors (Lipinski definition) is 1. The number of hydrogen-bond acceptors (Lipinski definition) is 5. The third kappa shape index (κ3) is 4.85. The molecule has 0 radical (unpaired) electrons. The summed E-state index contributed by atoms with van der Waals surface area (Å²) < 4.78 is 10.6. The molecule has 5 nitrogen and oxygen atoms in total. The second-order valence-electron chi connectivity index (χ2n) is 7.60. The second kappa shape index (κ2) is 8.67. The fourth-order valence-electron chi connectivity index (χ4n) is 3.42. The first kappa shape index (κ1) is 20.4. The van der Waals surface area contributed by atoms with Crippen molar-refractivity contribution in [1.82, 2.24) is 0 Å². The van der Waals surface area contributed by atoms with Crippen LogP contribution in [-0.4, -0.2) is 35.9 Å². The summed E-state index contributed by atoms with van der Waals surface area (Å²) in [5.41, 5.74) is 1.40. The molecule has 2 aliphatic heterocycles. The number of esters is 2. The molecule has 2 rings (SSSR count). The first-order valence-electron chi connectivity index (χ1n) is 9.35. The van der Waals surface area contributed by atoms with Gasteiger partial charge in [0.05, 0.1) is 13.2 Å². The predicted molar refractivity (Wildman–Crippen MR) is 99.3 cm³/mol. The van der Waals surface area contributed by atoms with Crippen LogP contribution >= 0.6 is 0 Å². The van der Waals surface area contributed by atoms with Gasteiger partial charge in [0, 0.05) is 11.1 Å². The molecule has 0 aliphatic carbocycles. The largest absolute Gasteiger partial charge is 0.466 e. The van der Waals surface area contributed by atoms with Gasteiger partial charge in [0.25, 0.3) is 0 Å². The second-order valence-corrected chi connectivity index (χ2v) is 7.60. The number of carbonyl (C=O) groups is 2. The van der Waals surface area contributed by atoms with Crippen LogP contribution in [0.4, 0.5) is 0 Å². The molecule has 0 saturated heterocycles. The number of fused-ring (bicyclic) bond motifs is 3. The van der Waals surface area contributed by atoms with Gasteiger partial charge in [-0.2, -0.15) is 0 Å². The topological polar surface area (TPSA) is 72.8 Å². The van der Waals surface area contributed by atoms with Gasteiger partial charge in [0.1, 0.15) is 5.60 Å². The molecule has 0 fully saturated rings. The highest BCUT2D eigenvalue weighted by atomic mass is 16.6. The van der Waals surface area contributed by atoms with Crippen molar-refractivity contribution in [3.8, 4) is 0 Å². The molecule has 0 unspecified atom stereocenters. The van der Waals surface area contributed by atoms with E-state index in [1.165, 1.54) is 7.11 Å². The SMILES string of the molecule is COC(=O)/C1=C/C=C(/C(C)C)CCC2=CCC[C@](C)(OC2=O)[C@@H](O)CC1. The summed E-state index contributed by atoms with van der Waals surface area (Å²) in [5.74, 6) is -0.432. The number of ether oxygens (including phenoxy) is 2. The molecule has 0 saturated carbocycles. The molecule has 2 aliphatic rings. The van der Waals surface area contributed by atoms with E-state index in [0.717, 1.165) is 12.0 Å². The summed E-state index contributed by atoms with van der Waals surface area (Å²) in [5, 5.41) is 10.7. The highest BCUT2D eigenvalue weighted by Crippen LogP contribution is 2.32. The summed E-state index contributed by atoms with van der Waals surface area (Å²) in [6.45, 7) is 5.96. The van der Waals surface area contributed by atoms with E-state index in [1.807, 2.05) is 12.2 Å². The van der Waals surface area contributed by atoms with E-state index in [0.29, 0.717) is 49.2 Å². The predicted octanol–water partition coefficient (Wildman–Crippen LogP) is 3.63. The van der Waals surface area contributed by atoms with Crippen molar-refractivity contribution in [1.29, 1.82) is 0 Å².